The van der Waals surface area contributed by atoms with Crippen molar-refractivity contribution < 1.29 is 22.3 Å². The van der Waals surface area contributed by atoms with E-state index in [0.717, 1.165) is 5.56 Å². The fraction of sp³-hybridized carbons (Fsp3) is 0.458. The van der Waals surface area contributed by atoms with Gasteiger partial charge in [-0.25, -0.2) is 12.8 Å². The average molecular weight is 476 g/mol. The number of halogens is 1. The summed E-state index contributed by atoms with van der Waals surface area (Å²) in [6.45, 7) is 4.44. The highest BCUT2D eigenvalue weighted by Gasteiger charge is 2.37. The lowest BCUT2D eigenvalue weighted by Crippen LogP contribution is -2.53. The van der Waals surface area contributed by atoms with E-state index >= 15 is 0 Å². The molecule has 2 saturated heterocycles. The van der Waals surface area contributed by atoms with Gasteiger partial charge in [-0.15, -0.1) is 0 Å². The summed E-state index contributed by atoms with van der Waals surface area (Å²) in [6, 6.07) is 11.7. The van der Waals surface area contributed by atoms with E-state index in [9.17, 15) is 17.6 Å². The van der Waals surface area contributed by atoms with Gasteiger partial charge in [-0.3, -0.25) is 4.79 Å². The van der Waals surface area contributed by atoms with Crippen LogP contribution >= 0.6 is 0 Å². The maximum Gasteiger partial charge on any atom is 0.246 e. The van der Waals surface area contributed by atoms with Crippen molar-refractivity contribution in [3.63, 3.8) is 0 Å². The molecule has 4 rings (SSSR count). The van der Waals surface area contributed by atoms with Crippen molar-refractivity contribution in [2.75, 3.05) is 51.3 Å². The lowest BCUT2D eigenvalue weighted by Gasteiger charge is -2.39. The highest BCUT2D eigenvalue weighted by molar-refractivity contribution is 7.89. The predicted molar refractivity (Wildman–Crippen MR) is 124 cm³/mol. The van der Waals surface area contributed by atoms with E-state index < -0.39 is 10.0 Å². The van der Waals surface area contributed by atoms with E-state index in [2.05, 4.69) is 0 Å². The van der Waals surface area contributed by atoms with E-state index in [0.29, 0.717) is 57.0 Å². The molecule has 0 N–H and O–H groups in total. The van der Waals surface area contributed by atoms with Gasteiger partial charge in [0.2, 0.25) is 15.9 Å². The molecule has 7 nitrogen and oxygen atoms in total. The molecule has 0 spiro atoms. The van der Waals surface area contributed by atoms with Crippen molar-refractivity contribution in [2.24, 2.45) is 5.92 Å². The van der Waals surface area contributed by atoms with Gasteiger partial charge in [0.05, 0.1) is 18.7 Å². The zero-order valence-corrected chi connectivity index (χ0v) is 19.9. The number of para-hydroxylation sites is 1. The molecule has 2 aromatic carbocycles. The molecule has 2 aliphatic heterocycles. The summed E-state index contributed by atoms with van der Waals surface area (Å²) in [5, 5.41) is 0. The van der Waals surface area contributed by atoms with Gasteiger partial charge in [-0.05, 0) is 49.6 Å². The molecule has 0 aromatic heterocycles. The van der Waals surface area contributed by atoms with Gasteiger partial charge in [0.25, 0.3) is 0 Å². The van der Waals surface area contributed by atoms with Crippen molar-refractivity contribution >= 4 is 21.6 Å². The first kappa shape index (κ1) is 23.5. The topological polar surface area (TPSA) is 70.2 Å². The molecule has 0 saturated carbocycles. The Morgan fingerprint density at radius 1 is 1.06 bits per heavy atom. The van der Waals surface area contributed by atoms with Crippen LogP contribution in [0.1, 0.15) is 18.4 Å². The maximum atomic E-state index is 14.1. The summed E-state index contributed by atoms with van der Waals surface area (Å²) < 4.78 is 47.5. The third-order valence-electron chi connectivity index (χ3n) is 6.45. The standard InChI is InChI=1S/C24H30FN3O4S/c1-18-9-10-22(32-2)23(16-18)33(30,31)28-11-5-6-19(17-28)24(29)27-14-12-26(13-15-27)21-8-4-3-7-20(21)25/h3-4,7-10,16,19H,5-6,11-15,17H2,1-2H3/t19-/m0/s1. The molecule has 178 valence electrons. The highest BCUT2D eigenvalue weighted by Crippen LogP contribution is 2.31. The normalized spacial score (nSPS) is 20.0. The zero-order chi connectivity index (χ0) is 23.6. The SMILES string of the molecule is COc1ccc(C)cc1S(=O)(=O)N1CCC[C@H](C(=O)N2CCN(c3ccccc3F)CC2)C1. The Bertz CT molecular complexity index is 1120. The van der Waals surface area contributed by atoms with Gasteiger partial charge in [0, 0.05) is 39.3 Å². The Balaban J connectivity index is 1.43. The second-order valence-corrected chi connectivity index (χ2v) is 10.5. The monoisotopic (exact) mass is 475 g/mol. The third-order valence-corrected chi connectivity index (χ3v) is 8.34. The number of carbonyl (C=O) groups excluding carboxylic acids is 1. The van der Waals surface area contributed by atoms with Crippen LogP contribution in [0.15, 0.2) is 47.4 Å². The largest absolute Gasteiger partial charge is 0.495 e. The third kappa shape index (κ3) is 4.84. The number of sulfonamides is 1. The Hall–Kier alpha value is -2.65. The fourth-order valence-electron chi connectivity index (χ4n) is 4.62. The number of piperidine rings is 1. The van der Waals surface area contributed by atoms with Crippen LogP contribution in [-0.2, 0) is 14.8 Å². The molecule has 0 radical (unpaired) electrons. The Labute approximate surface area is 194 Å². The number of anilines is 1. The number of methoxy groups -OCH3 is 1. The van der Waals surface area contributed by atoms with Crippen molar-refractivity contribution in [3.05, 3.63) is 53.8 Å². The predicted octanol–water partition coefficient (Wildman–Crippen LogP) is 2.89. The van der Waals surface area contributed by atoms with Crippen LogP contribution < -0.4 is 9.64 Å². The molecule has 9 heteroatoms. The number of hydrogen-bond donors (Lipinski definition) is 0. The first-order valence-electron chi connectivity index (χ1n) is 11.2. The average Bonchev–Trinajstić information content (AvgIpc) is 2.84. The maximum absolute atomic E-state index is 14.1. The van der Waals surface area contributed by atoms with Crippen molar-refractivity contribution in [1.29, 1.82) is 0 Å². The number of nitrogens with zero attached hydrogens (tertiary/aromatic N) is 3. The molecule has 0 aliphatic carbocycles. The molecule has 2 aromatic rings. The molecule has 33 heavy (non-hydrogen) atoms. The van der Waals surface area contributed by atoms with E-state index in [-0.39, 0.29) is 29.1 Å². The summed E-state index contributed by atoms with van der Waals surface area (Å²) in [5.41, 5.74) is 1.37. The lowest BCUT2D eigenvalue weighted by atomic mass is 9.97. The van der Waals surface area contributed by atoms with Gasteiger partial charge in [-0.1, -0.05) is 18.2 Å². The quantitative estimate of drug-likeness (QED) is 0.665. The minimum atomic E-state index is -3.79. The lowest BCUT2D eigenvalue weighted by molar-refractivity contribution is -0.137. The van der Waals surface area contributed by atoms with Crippen molar-refractivity contribution in [3.8, 4) is 5.75 Å². The number of piperazine rings is 1. The molecule has 1 amide bonds. The minimum absolute atomic E-state index is 0.0284. The van der Waals surface area contributed by atoms with Crippen LogP contribution in [0, 0.1) is 18.7 Å². The van der Waals surface area contributed by atoms with E-state index in [1.54, 1.807) is 41.3 Å². The summed E-state index contributed by atoms with van der Waals surface area (Å²) in [5.74, 6) is -0.376. The molecular weight excluding hydrogens is 445 g/mol. The van der Waals surface area contributed by atoms with Gasteiger partial charge in [0.1, 0.15) is 16.5 Å². The van der Waals surface area contributed by atoms with Crippen molar-refractivity contribution in [2.45, 2.75) is 24.7 Å². The molecule has 0 bridgehead atoms. The molecular formula is C24H30FN3O4S. The number of aryl methyl sites for hydroxylation is 1. The first-order valence-corrected chi connectivity index (χ1v) is 12.7. The number of rotatable bonds is 5. The van der Waals surface area contributed by atoms with Gasteiger partial charge in [-0.2, -0.15) is 4.31 Å². The number of hydrogen-bond acceptors (Lipinski definition) is 5. The second kappa shape index (κ2) is 9.69. The van der Waals surface area contributed by atoms with E-state index in [1.165, 1.54) is 17.5 Å². The summed E-state index contributed by atoms with van der Waals surface area (Å²) in [6.07, 6.45) is 1.28. The Morgan fingerprint density at radius 3 is 2.48 bits per heavy atom. The van der Waals surface area contributed by atoms with Crippen LogP contribution in [-0.4, -0.2) is 69.9 Å². The van der Waals surface area contributed by atoms with Crippen LogP contribution in [0.4, 0.5) is 10.1 Å². The second-order valence-electron chi connectivity index (χ2n) is 8.62. The number of carbonyl (C=O) groups is 1. The summed E-state index contributed by atoms with van der Waals surface area (Å²) in [7, 11) is -2.33. The van der Waals surface area contributed by atoms with Crippen LogP contribution in [0.5, 0.6) is 5.75 Å². The van der Waals surface area contributed by atoms with Gasteiger partial charge < -0.3 is 14.5 Å². The van der Waals surface area contributed by atoms with Crippen LogP contribution in [0.3, 0.4) is 0 Å². The van der Waals surface area contributed by atoms with E-state index in [1.807, 2.05) is 11.8 Å². The van der Waals surface area contributed by atoms with Gasteiger partial charge >= 0.3 is 0 Å². The molecule has 2 fully saturated rings. The Kier molecular flexibility index (Phi) is 6.90. The molecule has 0 unspecified atom stereocenters. The van der Waals surface area contributed by atoms with Gasteiger partial charge in [0.15, 0.2) is 0 Å². The number of amides is 1. The van der Waals surface area contributed by atoms with E-state index in [4.69, 9.17) is 4.74 Å². The van der Waals surface area contributed by atoms with Crippen LogP contribution in [0.2, 0.25) is 0 Å². The van der Waals surface area contributed by atoms with Crippen LogP contribution in [0.25, 0.3) is 0 Å². The Morgan fingerprint density at radius 2 is 1.79 bits per heavy atom. The minimum Gasteiger partial charge on any atom is -0.495 e. The highest BCUT2D eigenvalue weighted by atomic mass is 32.2. The number of ether oxygens (including phenoxy) is 1. The first-order chi connectivity index (χ1) is 15.8. The zero-order valence-electron chi connectivity index (χ0n) is 19.0. The van der Waals surface area contributed by atoms with Crippen molar-refractivity contribution in [1.82, 2.24) is 9.21 Å². The smallest absolute Gasteiger partial charge is 0.246 e. The fourth-order valence-corrected chi connectivity index (χ4v) is 6.39. The number of benzene rings is 2. The summed E-state index contributed by atoms with van der Waals surface area (Å²) in [4.78, 5) is 17.1. The molecule has 2 aliphatic rings. The molecule has 1 atom stereocenters. The summed E-state index contributed by atoms with van der Waals surface area (Å²) >= 11 is 0. The molecule has 2 heterocycles.